The Kier molecular flexibility index (Phi) is 19.9. The van der Waals surface area contributed by atoms with Gasteiger partial charge in [0.25, 0.3) is 0 Å². The first-order chi connectivity index (χ1) is 1.41. The Balaban J connectivity index is -0.00000000667. The zero-order valence-electron chi connectivity index (χ0n) is 3.93. The second kappa shape index (κ2) is 8.95. The molecule has 0 unspecified atom stereocenters. The molecular formula is H2CaO2S. The van der Waals surface area contributed by atoms with Crippen molar-refractivity contribution in [2.45, 2.75) is 0 Å². The van der Waals surface area contributed by atoms with E-state index in [2.05, 4.69) is 0 Å². The quantitative estimate of drug-likeness (QED) is 0.378. The maximum absolute atomic E-state index is 8.29. The van der Waals surface area contributed by atoms with E-state index < -0.39 is 11.6 Å². The first kappa shape index (κ1) is 8.91. The average molecular weight is 106 g/mol. The van der Waals surface area contributed by atoms with E-state index in [4.69, 9.17) is 8.42 Å². The van der Waals surface area contributed by atoms with Gasteiger partial charge in [0.1, 0.15) is 0 Å². The van der Waals surface area contributed by atoms with E-state index >= 15 is 0 Å². The monoisotopic (exact) mass is 106 g/mol. The minimum absolute atomic E-state index is 0. The molecule has 0 fully saturated rings. The zero-order valence-corrected chi connectivity index (χ0v) is 4.96. The molecule has 4 heavy (non-hydrogen) atoms. The molecule has 0 aromatic carbocycles. The summed E-state index contributed by atoms with van der Waals surface area (Å²) in [6.07, 6.45) is 0. The third-order valence-corrected chi connectivity index (χ3v) is 0. The van der Waals surface area contributed by atoms with Crippen LogP contribution in [0.15, 0.2) is 0 Å². The Bertz CT molecular complexity index is 32.5. The maximum atomic E-state index is 8.29. The first-order valence-corrected chi connectivity index (χ1v) is 1.00. The molecule has 22 valence electrons. The number of hydrogen-bond acceptors (Lipinski definition) is 2. The Morgan fingerprint density at radius 1 is 1.50 bits per heavy atom. The molecule has 0 amide bonds. The van der Waals surface area contributed by atoms with Crippen molar-refractivity contribution >= 4 is 49.3 Å². The third-order valence-electron chi connectivity index (χ3n) is 0. The fraction of sp³-hybridized carbons (Fsp3) is 0. The maximum Gasteiger partial charge on any atom is 2.00 e. The van der Waals surface area contributed by atoms with Crippen molar-refractivity contribution in [1.29, 1.82) is 0 Å². The zero-order chi connectivity index (χ0) is 2.71. The van der Waals surface area contributed by atoms with Gasteiger partial charge in [-0.25, -0.2) is 0 Å². The van der Waals surface area contributed by atoms with Crippen LogP contribution in [-0.4, -0.2) is 46.2 Å². The summed E-state index contributed by atoms with van der Waals surface area (Å²) in [5.41, 5.74) is 0. The normalized spacial score (nSPS) is 3.00. The van der Waals surface area contributed by atoms with Crippen LogP contribution in [-0.2, 0) is 11.6 Å². The Hall–Kier alpha value is 1.08. The van der Waals surface area contributed by atoms with Gasteiger partial charge < -0.3 is 2.85 Å². The summed E-state index contributed by atoms with van der Waals surface area (Å²) >= 11 is -0.750. The van der Waals surface area contributed by atoms with Crippen LogP contribution in [0.25, 0.3) is 0 Å². The van der Waals surface area contributed by atoms with Crippen molar-refractivity contribution in [3.05, 3.63) is 0 Å². The van der Waals surface area contributed by atoms with Gasteiger partial charge in [-0.15, -0.1) is 0 Å². The molecule has 2 nitrogen and oxygen atoms in total. The predicted molar refractivity (Wildman–Crippen MR) is 16.9 cm³/mol. The van der Waals surface area contributed by atoms with Gasteiger partial charge in [-0.2, -0.15) is 8.42 Å². The third kappa shape index (κ3) is 11.4. The molecule has 0 radical (unpaired) electrons. The molecule has 0 bridgehead atoms. The van der Waals surface area contributed by atoms with Crippen molar-refractivity contribution in [2.75, 3.05) is 0 Å². The molecule has 0 heterocycles. The average Bonchev–Trinajstić information content (AvgIpc) is 0.918. The second-order valence-corrected chi connectivity index (χ2v) is 0.204. The van der Waals surface area contributed by atoms with Crippen LogP contribution in [0.3, 0.4) is 0 Å². The van der Waals surface area contributed by atoms with E-state index in [9.17, 15) is 0 Å². The van der Waals surface area contributed by atoms with Crippen LogP contribution < -0.4 is 0 Å². The molecule has 0 saturated heterocycles. The molecule has 0 aliphatic carbocycles. The van der Waals surface area contributed by atoms with E-state index in [-0.39, 0.29) is 40.6 Å². The summed E-state index contributed by atoms with van der Waals surface area (Å²) in [5.74, 6) is 0. The van der Waals surface area contributed by atoms with Crippen molar-refractivity contribution in [3.63, 3.8) is 0 Å². The minimum atomic E-state index is -0.750. The van der Waals surface area contributed by atoms with Gasteiger partial charge in [-0.1, -0.05) is 0 Å². The topological polar surface area (TPSA) is 34.1 Å². The van der Waals surface area contributed by atoms with Crippen LogP contribution in [0.2, 0.25) is 0 Å². The van der Waals surface area contributed by atoms with E-state index in [0.29, 0.717) is 0 Å². The van der Waals surface area contributed by atoms with Gasteiger partial charge in [0.2, 0.25) is 0 Å². The molecule has 0 atom stereocenters. The molecule has 0 N–H and O–H groups in total. The van der Waals surface area contributed by atoms with Crippen LogP contribution in [0.5, 0.6) is 0 Å². The molecule has 4 heteroatoms. The van der Waals surface area contributed by atoms with Gasteiger partial charge in [-0.05, 0) is 0 Å². The smallest absolute Gasteiger partial charge is 1.00 e. The van der Waals surface area contributed by atoms with Crippen LogP contribution in [0.4, 0.5) is 0 Å². The largest absolute Gasteiger partial charge is 2.00 e. The van der Waals surface area contributed by atoms with Crippen LogP contribution in [0, 0.1) is 0 Å². The van der Waals surface area contributed by atoms with Gasteiger partial charge in [0.05, 0.1) is 0 Å². The van der Waals surface area contributed by atoms with Gasteiger partial charge in [0, 0.05) is 0 Å². The summed E-state index contributed by atoms with van der Waals surface area (Å²) in [6, 6.07) is 0. The molecule has 0 aromatic heterocycles. The number of hydrogen-bond donors (Lipinski definition) is 0. The molecule has 0 aliphatic heterocycles. The van der Waals surface area contributed by atoms with E-state index in [1.165, 1.54) is 0 Å². The van der Waals surface area contributed by atoms with E-state index in [0.717, 1.165) is 0 Å². The number of rotatable bonds is 0. The predicted octanol–water partition coefficient (Wildman–Crippen LogP) is -0.826. The standard InChI is InChI=1S/Ca.O2S.2H/c;1-3-2;;/q+2;;2*-1. The molecular weight excluding hydrogens is 104 g/mol. The van der Waals surface area contributed by atoms with Gasteiger partial charge in [-0.3, -0.25) is 0 Å². The SMILES string of the molecule is O=S=O.[Ca+2].[H-].[H-]. The van der Waals surface area contributed by atoms with E-state index in [1.807, 2.05) is 0 Å². The molecule has 0 aromatic rings. The van der Waals surface area contributed by atoms with E-state index in [1.54, 1.807) is 0 Å². The minimum Gasteiger partial charge on any atom is -1.00 e. The second-order valence-electron chi connectivity index (χ2n) is 0.0680. The molecule has 0 rings (SSSR count). The first-order valence-electron chi connectivity index (χ1n) is 0.333. The summed E-state index contributed by atoms with van der Waals surface area (Å²) in [6.45, 7) is 0. The van der Waals surface area contributed by atoms with Crippen molar-refractivity contribution in [1.82, 2.24) is 0 Å². The summed E-state index contributed by atoms with van der Waals surface area (Å²) in [4.78, 5) is 0. The Morgan fingerprint density at radius 3 is 1.50 bits per heavy atom. The molecule has 0 saturated carbocycles. The summed E-state index contributed by atoms with van der Waals surface area (Å²) < 4.78 is 16.6. The van der Waals surface area contributed by atoms with Crippen LogP contribution in [0.1, 0.15) is 2.85 Å². The van der Waals surface area contributed by atoms with Crippen molar-refractivity contribution < 1.29 is 11.3 Å². The van der Waals surface area contributed by atoms with Gasteiger partial charge >= 0.3 is 49.3 Å². The van der Waals surface area contributed by atoms with Crippen molar-refractivity contribution in [3.8, 4) is 0 Å². The van der Waals surface area contributed by atoms with Crippen molar-refractivity contribution in [2.24, 2.45) is 0 Å². The summed E-state index contributed by atoms with van der Waals surface area (Å²) in [5, 5.41) is 0. The Labute approximate surface area is 60.1 Å². The van der Waals surface area contributed by atoms with Crippen LogP contribution >= 0.6 is 0 Å². The fourth-order valence-corrected chi connectivity index (χ4v) is 0. The Morgan fingerprint density at radius 2 is 1.50 bits per heavy atom. The fourth-order valence-electron chi connectivity index (χ4n) is 0. The molecule has 0 spiro atoms. The van der Waals surface area contributed by atoms with Gasteiger partial charge in [0.15, 0.2) is 0 Å². The summed E-state index contributed by atoms with van der Waals surface area (Å²) in [7, 11) is 0. The molecule has 0 aliphatic rings.